The van der Waals surface area contributed by atoms with Gasteiger partial charge in [-0.2, -0.15) is 5.10 Å². The van der Waals surface area contributed by atoms with Crippen LogP contribution in [0.4, 0.5) is 0 Å². The molecule has 0 saturated carbocycles. The van der Waals surface area contributed by atoms with Gasteiger partial charge in [-0.3, -0.25) is 4.79 Å². The molecule has 152 valence electrons. The van der Waals surface area contributed by atoms with Gasteiger partial charge in [0.05, 0.1) is 18.9 Å². The fourth-order valence-electron chi connectivity index (χ4n) is 2.63. The minimum atomic E-state index is -0.472. The molecule has 0 radical (unpaired) electrons. The van der Waals surface area contributed by atoms with Crippen molar-refractivity contribution in [1.29, 1.82) is 0 Å². The van der Waals surface area contributed by atoms with Gasteiger partial charge in [-0.05, 0) is 61.9 Å². The quantitative estimate of drug-likeness (QED) is 0.289. The van der Waals surface area contributed by atoms with Crippen LogP contribution in [0.2, 0.25) is 0 Å². The molecule has 0 bridgehead atoms. The van der Waals surface area contributed by atoms with Gasteiger partial charge in [0.25, 0.3) is 5.91 Å². The number of esters is 1. The van der Waals surface area contributed by atoms with Gasteiger partial charge in [-0.15, -0.1) is 0 Å². The van der Waals surface area contributed by atoms with E-state index in [0.29, 0.717) is 28.2 Å². The highest BCUT2D eigenvalue weighted by atomic mass is 16.6. The molecule has 0 atom stereocenters. The maximum Gasteiger partial charge on any atom is 0.343 e. The van der Waals surface area contributed by atoms with Crippen molar-refractivity contribution in [3.8, 4) is 11.5 Å². The Bertz CT molecular complexity index is 1070. The van der Waals surface area contributed by atoms with E-state index in [4.69, 9.17) is 9.47 Å². The predicted octanol–water partition coefficient (Wildman–Crippen LogP) is 4.30. The van der Waals surface area contributed by atoms with Crippen LogP contribution in [0, 0.1) is 13.8 Å². The summed E-state index contributed by atoms with van der Waals surface area (Å²) in [5, 5.41) is 3.97. The second kappa shape index (κ2) is 9.52. The number of nitrogens with zero attached hydrogens (tertiary/aromatic N) is 1. The number of hydrogen-bond donors (Lipinski definition) is 1. The number of aryl methyl sites for hydroxylation is 2. The van der Waals surface area contributed by atoms with Gasteiger partial charge in [-0.25, -0.2) is 10.2 Å². The second-order valence-electron chi connectivity index (χ2n) is 6.73. The minimum Gasteiger partial charge on any atom is -0.493 e. The molecule has 0 aromatic heterocycles. The van der Waals surface area contributed by atoms with Gasteiger partial charge in [0, 0.05) is 5.56 Å². The summed E-state index contributed by atoms with van der Waals surface area (Å²) in [6, 6.07) is 19.3. The number of ether oxygens (including phenoxy) is 2. The smallest absolute Gasteiger partial charge is 0.343 e. The van der Waals surface area contributed by atoms with Crippen LogP contribution < -0.4 is 14.9 Å². The maximum absolute atomic E-state index is 12.3. The van der Waals surface area contributed by atoms with Crippen molar-refractivity contribution in [1.82, 2.24) is 5.43 Å². The molecule has 0 fully saturated rings. The number of methoxy groups -OCH3 is 1. The number of carbonyl (C=O) groups is 2. The van der Waals surface area contributed by atoms with Crippen LogP contribution in [-0.4, -0.2) is 25.2 Å². The predicted molar refractivity (Wildman–Crippen MR) is 115 cm³/mol. The first-order valence-corrected chi connectivity index (χ1v) is 9.33. The zero-order valence-electron chi connectivity index (χ0n) is 17.0. The Labute approximate surface area is 175 Å². The Hall–Kier alpha value is -3.93. The highest BCUT2D eigenvalue weighted by Crippen LogP contribution is 2.28. The summed E-state index contributed by atoms with van der Waals surface area (Å²) in [6.45, 7) is 3.90. The molecule has 1 N–H and O–H groups in total. The van der Waals surface area contributed by atoms with Crippen LogP contribution in [0.25, 0.3) is 0 Å². The Morgan fingerprint density at radius 3 is 2.03 bits per heavy atom. The van der Waals surface area contributed by atoms with E-state index in [1.807, 2.05) is 38.1 Å². The SMILES string of the molecule is COc1cc(C=NNC(=O)c2ccc(C)cc2)ccc1OC(=O)c1ccc(C)cc1. The average molecular weight is 402 g/mol. The molecule has 0 heterocycles. The second-order valence-corrected chi connectivity index (χ2v) is 6.73. The van der Waals surface area contributed by atoms with Crippen molar-refractivity contribution in [2.75, 3.05) is 7.11 Å². The molecule has 0 aliphatic carbocycles. The lowest BCUT2D eigenvalue weighted by Gasteiger charge is -2.10. The first kappa shape index (κ1) is 20.8. The van der Waals surface area contributed by atoms with Crippen LogP contribution in [0.3, 0.4) is 0 Å². The van der Waals surface area contributed by atoms with Crippen molar-refractivity contribution in [2.24, 2.45) is 5.10 Å². The molecule has 3 aromatic rings. The molecule has 3 aromatic carbocycles. The Kier molecular flexibility index (Phi) is 6.60. The Morgan fingerprint density at radius 1 is 0.833 bits per heavy atom. The van der Waals surface area contributed by atoms with Crippen LogP contribution in [-0.2, 0) is 0 Å². The summed E-state index contributed by atoms with van der Waals surface area (Å²) in [7, 11) is 1.48. The molecular formula is C24H22N2O4. The molecule has 0 spiro atoms. The number of hydrogen-bond acceptors (Lipinski definition) is 5. The molecule has 0 aliphatic heterocycles. The van der Waals surface area contributed by atoms with E-state index < -0.39 is 5.97 Å². The first-order chi connectivity index (χ1) is 14.5. The third-order valence-corrected chi connectivity index (χ3v) is 4.37. The lowest BCUT2D eigenvalue weighted by atomic mass is 10.1. The van der Waals surface area contributed by atoms with Crippen LogP contribution in [0.1, 0.15) is 37.4 Å². The van der Waals surface area contributed by atoms with Crippen molar-refractivity contribution in [3.63, 3.8) is 0 Å². The van der Waals surface area contributed by atoms with Gasteiger partial charge in [0.1, 0.15) is 0 Å². The van der Waals surface area contributed by atoms with E-state index >= 15 is 0 Å². The maximum atomic E-state index is 12.3. The summed E-state index contributed by atoms with van der Waals surface area (Å²) >= 11 is 0. The highest BCUT2D eigenvalue weighted by molar-refractivity contribution is 5.95. The van der Waals surface area contributed by atoms with E-state index in [2.05, 4.69) is 10.5 Å². The zero-order chi connectivity index (χ0) is 21.5. The van der Waals surface area contributed by atoms with Crippen molar-refractivity contribution in [3.05, 3.63) is 94.5 Å². The van der Waals surface area contributed by atoms with E-state index in [0.717, 1.165) is 11.1 Å². The highest BCUT2D eigenvalue weighted by Gasteiger charge is 2.12. The molecule has 3 rings (SSSR count). The Morgan fingerprint density at radius 2 is 1.43 bits per heavy atom. The lowest BCUT2D eigenvalue weighted by Crippen LogP contribution is -2.17. The topological polar surface area (TPSA) is 77.0 Å². The molecule has 0 unspecified atom stereocenters. The van der Waals surface area contributed by atoms with E-state index in [1.54, 1.807) is 42.5 Å². The number of nitrogens with one attached hydrogen (secondary N) is 1. The summed E-state index contributed by atoms with van der Waals surface area (Å²) < 4.78 is 10.8. The molecule has 6 heteroatoms. The van der Waals surface area contributed by atoms with Crippen molar-refractivity contribution >= 4 is 18.1 Å². The van der Waals surface area contributed by atoms with Gasteiger partial charge in [0.2, 0.25) is 0 Å². The summed E-state index contributed by atoms with van der Waals surface area (Å²) in [6.07, 6.45) is 1.49. The molecule has 0 aliphatic rings. The van der Waals surface area contributed by atoms with Crippen LogP contribution in [0.15, 0.2) is 71.8 Å². The van der Waals surface area contributed by atoms with Crippen molar-refractivity contribution < 1.29 is 19.1 Å². The van der Waals surface area contributed by atoms with Gasteiger partial charge in [-0.1, -0.05) is 35.4 Å². The van der Waals surface area contributed by atoms with Crippen LogP contribution in [0.5, 0.6) is 11.5 Å². The summed E-state index contributed by atoms with van der Waals surface area (Å²) in [4.78, 5) is 24.4. The fraction of sp³-hybridized carbons (Fsp3) is 0.125. The Balaban J connectivity index is 1.66. The number of hydrazone groups is 1. The summed E-state index contributed by atoms with van der Waals surface area (Å²) in [5.41, 5.74) is 6.26. The number of benzene rings is 3. The van der Waals surface area contributed by atoms with E-state index in [-0.39, 0.29) is 5.91 Å². The molecule has 1 amide bonds. The van der Waals surface area contributed by atoms with Gasteiger partial charge in [0.15, 0.2) is 11.5 Å². The third kappa shape index (κ3) is 5.32. The third-order valence-electron chi connectivity index (χ3n) is 4.37. The fourth-order valence-corrected chi connectivity index (χ4v) is 2.63. The number of rotatable bonds is 6. The van der Waals surface area contributed by atoms with Crippen molar-refractivity contribution in [2.45, 2.75) is 13.8 Å². The molecule has 30 heavy (non-hydrogen) atoms. The largest absolute Gasteiger partial charge is 0.493 e. The molecular weight excluding hydrogens is 380 g/mol. The normalized spacial score (nSPS) is 10.6. The number of amides is 1. The van der Waals surface area contributed by atoms with E-state index in [1.165, 1.54) is 13.3 Å². The number of carbonyl (C=O) groups excluding carboxylic acids is 2. The van der Waals surface area contributed by atoms with Crippen LogP contribution >= 0.6 is 0 Å². The standard InChI is InChI=1S/C24H22N2O4/c1-16-4-9-19(10-5-16)23(27)26-25-15-18-8-13-21(22(14-18)29-3)30-24(28)20-11-6-17(2)7-12-20/h4-15H,1-3H3,(H,26,27). The average Bonchev–Trinajstić information content (AvgIpc) is 2.75. The van der Waals surface area contributed by atoms with E-state index in [9.17, 15) is 9.59 Å². The monoisotopic (exact) mass is 402 g/mol. The zero-order valence-corrected chi connectivity index (χ0v) is 17.0. The van der Waals surface area contributed by atoms with Gasteiger partial charge >= 0.3 is 5.97 Å². The molecule has 0 saturated heterocycles. The van der Waals surface area contributed by atoms with Gasteiger partial charge < -0.3 is 9.47 Å². The minimum absolute atomic E-state index is 0.295. The summed E-state index contributed by atoms with van der Waals surface area (Å²) in [5.74, 6) is -0.102. The molecule has 6 nitrogen and oxygen atoms in total. The lowest BCUT2D eigenvalue weighted by molar-refractivity contribution is 0.0729. The first-order valence-electron chi connectivity index (χ1n) is 9.33.